The van der Waals surface area contributed by atoms with Gasteiger partial charge in [0.15, 0.2) is 0 Å². The van der Waals surface area contributed by atoms with Gasteiger partial charge in [0.05, 0.1) is 0 Å². The van der Waals surface area contributed by atoms with Gasteiger partial charge in [0.2, 0.25) is 5.91 Å². The Hall–Kier alpha value is -1.71. The van der Waals surface area contributed by atoms with Crippen molar-refractivity contribution in [2.24, 2.45) is 0 Å². The lowest BCUT2D eigenvalue weighted by atomic mass is 10.1. The number of halogens is 1. The van der Waals surface area contributed by atoms with E-state index in [4.69, 9.17) is 11.6 Å². The van der Waals surface area contributed by atoms with E-state index in [0.717, 1.165) is 30.8 Å². The summed E-state index contributed by atoms with van der Waals surface area (Å²) in [5, 5.41) is 1.18. The number of hydrogen-bond acceptors (Lipinski definition) is 2. The molecule has 2 nitrogen and oxygen atoms in total. The van der Waals surface area contributed by atoms with E-state index in [0.29, 0.717) is 10.3 Å². The monoisotopic (exact) mass is 357 g/mol. The van der Waals surface area contributed by atoms with Crippen LogP contribution in [-0.2, 0) is 4.79 Å². The highest BCUT2D eigenvalue weighted by Crippen LogP contribution is 2.34. The van der Waals surface area contributed by atoms with Gasteiger partial charge >= 0.3 is 0 Å². The largest absolute Gasteiger partial charge is 0.338 e. The molecule has 124 valence electrons. The summed E-state index contributed by atoms with van der Waals surface area (Å²) in [6, 6.07) is 18.0. The van der Waals surface area contributed by atoms with Gasteiger partial charge < -0.3 is 4.90 Å². The van der Waals surface area contributed by atoms with Gasteiger partial charge in [-0.1, -0.05) is 54.1 Å². The van der Waals surface area contributed by atoms with Crippen molar-refractivity contribution in [1.29, 1.82) is 0 Å². The third kappa shape index (κ3) is 4.65. The standard InChI is InChI=1S/C20H20ClNOS/c21-18-9-6-16(7-10-18)8-11-20(23)22-13-12-19(24-15-14-22)17-4-2-1-3-5-17/h1-11,19H,12-15H2/b11-8+/t19-/m0/s1. The number of hydrogen-bond donors (Lipinski definition) is 0. The van der Waals surface area contributed by atoms with Gasteiger partial charge in [0, 0.05) is 35.2 Å². The first-order chi connectivity index (χ1) is 11.7. The topological polar surface area (TPSA) is 20.3 Å². The third-order valence-electron chi connectivity index (χ3n) is 4.11. The fraction of sp³-hybridized carbons (Fsp3) is 0.250. The first-order valence-corrected chi connectivity index (χ1v) is 9.54. The second-order valence-corrected chi connectivity index (χ2v) is 7.52. The first kappa shape index (κ1) is 17.1. The van der Waals surface area contributed by atoms with Crippen LogP contribution in [0.15, 0.2) is 60.7 Å². The van der Waals surface area contributed by atoms with E-state index in [2.05, 4.69) is 24.3 Å². The van der Waals surface area contributed by atoms with E-state index in [9.17, 15) is 4.79 Å². The minimum Gasteiger partial charge on any atom is -0.338 e. The van der Waals surface area contributed by atoms with Crippen LogP contribution in [0.2, 0.25) is 5.02 Å². The van der Waals surface area contributed by atoms with E-state index < -0.39 is 0 Å². The van der Waals surface area contributed by atoms with E-state index in [1.807, 2.05) is 53.1 Å². The van der Waals surface area contributed by atoms with Gasteiger partial charge in [0.25, 0.3) is 0 Å². The van der Waals surface area contributed by atoms with E-state index in [1.165, 1.54) is 5.56 Å². The van der Waals surface area contributed by atoms with Crippen LogP contribution in [0.1, 0.15) is 22.8 Å². The molecule has 4 heteroatoms. The molecule has 2 aromatic rings. The molecule has 0 saturated carbocycles. The number of benzene rings is 2. The number of nitrogens with zero attached hydrogens (tertiary/aromatic N) is 1. The van der Waals surface area contributed by atoms with Crippen molar-refractivity contribution >= 4 is 35.3 Å². The van der Waals surface area contributed by atoms with Crippen molar-refractivity contribution in [1.82, 2.24) is 4.90 Å². The smallest absolute Gasteiger partial charge is 0.246 e. The lowest BCUT2D eigenvalue weighted by molar-refractivity contribution is -0.125. The molecule has 1 fully saturated rings. The molecule has 1 heterocycles. The highest BCUT2D eigenvalue weighted by molar-refractivity contribution is 7.99. The summed E-state index contributed by atoms with van der Waals surface area (Å²) in [5.74, 6) is 1.05. The van der Waals surface area contributed by atoms with Gasteiger partial charge in [-0.25, -0.2) is 0 Å². The molecular formula is C20H20ClNOS. The van der Waals surface area contributed by atoms with Crippen molar-refractivity contribution in [2.45, 2.75) is 11.7 Å². The zero-order chi connectivity index (χ0) is 16.8. The third-order valence-corrected chi connectivity index (χ3v) is 5.69. The molecule has 1 atom stereocenters. The maximum atomic E-state index is 12.4. The van der Waals surface area contributed by atoms with E-state index in [-0.39, 0.29) is 5.91 Å². The molecule has 1 aliphatic rings. The molecule has 24 heavy (non-hydrogen) atoms. The quantitative estimate of drug-likeness (QED) is 0.715. The lowest BCUT2D eigenvalue weighted by Gasteiger charge is -2.18. The predicted molar refractivity (Wildman–Crippen MR) is 103 cm³/mol. The molecule has 2 aromatic carbocycles. The van der Waals surface area contributed by atoms with E-state index in [1.54, 1.807) is 6.08 Å². The minimum absolute atomic E-state index is 0.0826. The number of amides is 1. The van der Waals surface area contributed by atoms with Gasteiger partial charge in [0.1, 0.15) is 0 Å². The molecule has 0 bridgehead atoms. The van der Waals surface area contributed by atoms with Crippen LogP contribution in [0.4, 0.5) is 0 Å². The van der Waals surface area contributed by atoms with Crippen molar-refractivity contribution in [2.75, 3.05) is 18.8 Å². The zero-order valence-corrected chi connectivity index (χ0v) is 15.0. The molecule has 0 N–H and O–H groups in total. The van der Waals surface area contributed by atoms with Crippen LogP contribution in [0, 0.1) is 0 Å². The van der Waals surface area contributed by atoms with Crippen molar-refractivity contribution in [3.8, 4) is 0 Å². The number of carbonyl (C=O) groups excluding carboxylic acids is 1. The Morgan fingerprint density at radius 3 is 2.58 bits per heavy atom. The van der Waals surface area contributed by atoms with Crippen LogP contribution in [-0.4, -0.2) is 29.6 Å². The normalized spacial score (nSPS) is 18.5. The molecule has 0 unspecified atom stereocenters. The first-order valence-electron chi connectivity index (χ1n) is 8.11. The minimum atomic E-state index is 0.0826. The van der Waals surface area contributed by atoms with Gasteiger partial charge in [-0.15, -0.1) is 0 Å². The highest BCUT2D eigenvalue weighted by atomic mass is 35.5. The van der Waals surface area contributed by atoms with Gasteiger partial charge in [-0.3, -0.25) is 4.79 Å². The Kier molecular flexibility index (Phi) is 6.00. The number of rotatable bonds is 3. The molecule has 1 aliphatic heterocycles. The van der Waals surface area contributed by atoms with Crippen LogP contribution in [0.25, 0.3) is 6.08 Å². The van der Waals surface area contributed by atoms with Crippen molar-refractivity contribution in [3.05, 3.63) is 76.8 Å². The molecule has 1 amide bonds. The molecule has 0 spiro atoms. The fourth-order valence-electron chi connectivity index (χ4n) is 2.77. The van der Waals surface area contributed by atoms with Crippen molar-refractivity contribution < 1.29 is 4.79 Å². The summed E-state index contributed by atoms with van der Waals surface area (Å²) >= 11 is 7.82. The fourth-order valence-corrected chi connectivity index (χ4v) is 4.13. The van der Waals surface area contributed by atoms with Crippen molar-refractivity contribution in [3.63, 3.8) is 0 Å². The Balaban J connectivity index is 1.59. The van der Waals surface area contributed by atoms with Crippen LogP contribution in [0.3, 0.4) is 0 Å². The zero-order valence-electron chi connectivity index (χ0n) is 13.4. The van der Waals surface area contributed by atoms with Crippen LogP contribution >= 0.6 is 23.4 Å². The summed E-state index contributed by atoms with van der Waals surface area (Å²) in [6.45, 7) is 1.61. The number of thioether (sulfide) groups is 1. The summed E-state index contributed by atoms with van der Waals surface area (Å²) in [7, 11) is 0. The average molecular weight is 358 g/mol. The molecule has 0 aromatic heterocycles. The van der Waals surface area contributed by atoms with E-state index >= 15 is 0 Å². The SMILES string of the molecule is O=C(/C=C/c1ccc(Cl)cc1)N1CCS[C@H](c2ccccc2)CC1. The summed E-state index contributed by atoms with van der Waals surface area (Å²) in [5.41, 5.74) is 2.34. The Bertz CT molecular complexity index is 699. The second-order valence-electron chi connectivity index (χ2n) is 5.77. The Morgan fingerprint density at radius 1 is 1.08 bits per heavy atom. The number of carbonyl (C=O) groups is 1. The summed E-state index contributed by atoms with van der Waals surface area (Å²) < 4.78 is 0. The van der Waals surface area contributed by atoms with Crippen LogP contribution in [0.5, 0.6) is 0 Å². The lowest BCUT2D eigenvalue weighted by Crippen LogP contribution is -2.31. The molecule has 3 rings (SSSR count). The predicted octanol–water partition coefficient (Wildman–Crippen LogP) is 5.06. The highest BCUT2D eigenvalue weighted by Gasteiger charge is 2.20. The molecule has 0 aliphatic carbocycles. The average Bonchev–Trinajstić information content (AvgIpc) is 2.88. The molecular weight excluding hydrogens is 338 g/mol. The summed E-state index contributed by atoms with van der Waals surface area (Å²) in [6.07, 6.45) is 4.51. The Labute approximate surface area is 152 Å². The summed E-state index contributed by atoms with van der Waals surface area (Å²) in [4.78, 5) is 14.4. The van der Waals surface area contributed by atoms with Gasteiger partial charge in [-0.05, 0) is 35.8 Å². The maximum Gasteiger partial charge on any atom is 0.246 e. The maximum absolute atomic E-state index is 12.4. The molecule has 1 saturated heterocycles. The van der Waals surface area contributed by atoms with Crippen LogP contribution < -0.4 is 0 Å². The Morgan fingerprint density at radius 2 is 1.83 bits per heavy atom. The van der Waals surface area contributed by atoms with Gasteiger partial charge in [-0.2, -0.15) is 11.8 Å². The molecule has 0 radical (unpaired) electrons. The second kappa shape index (κ2) is 8.41.